The van der Waals surface area contributed by atoms with Crippen molar-refractivity contribution >= 4 is 0 Å². The van der Waals surface area contributed by atoms with Crippen molar-refractivity contribution in [2.45, 2.75) is 50.7 Å². The summed E-state index contributed by atoms with van der Waals surface area (Å²) in [7, 11) is 0. The first-order chi connectivity index (χ1) is 9.09. The van der Waals surface area contributed by atoms with E-state index in [2.05, 4.69) is 5.32 Å². The molecule has 0 spiro atoms. The molecular formula is C15H21F2NO. The number of alkyl halides is 2. The lowest BCUT2D eigenvalue weighted by Crippen LogP contribution is -2.41. The topological polar surface area (TPSA) is 32.3 Å². The minimum Gasteiger partial charge on any atom is -0.389 e. The van der Waals surface area contributed by atoms with Crippen LogP contribution in [-0.2, 0) is 6.54 Å². The minimum atomic E-state index is -2.43. The minimum absolute atomic E-state index is 0.0516. The quantitative estimate of drug-likeness (QED) is 0.858. The van der Waals surface area contributed by atoms with Gasteiger partial charge in [0.1, 0.15) is 0 Å². The van der Waals surface area contributed by atoms with Gasteiger partial charge in [0.25, 0.3) is 6.43 Å². The molecule has 2 rings (SSSR count). The van der Waals surface area contributed by atoms with Crippen LogP contribution in [0, 0.1) is 0 Å². The summed E-state index contributed by atoms with van der Waals surface area (Å²) >= 11 is 0. The molecule has 0 saturated heterocycles. The molecule has 0 unspecified atom stereocenters. The van der Waals surface area contributed by atoms with E-state index in [9.17, 15) is 13.9 Å². The third-order valence-corrected chi connectivity index (χ3v) is 3.77. The van der Waals surface area contributed by atoms with E-state index >= 15 is 0 Å². The summed E-state index contributed by atoms with van der Waals surface area (Å²) in [6.07, 6.45) is 2.56. The van der Waals surface area contributed by atoms with Gasteiger partial charge in [0.2, 0.25) is 0 Å². The summed E-state index contributed by atoms with van der Waals surface area (Å²) in [5, 5.41) is 13.5. The van der Waals surface area contributed by atoms with E-state index in [-0.39, 0.29) is 5.56 Å². The van der Waals surface area contributed by atoms with Gasteiger partial charge < -0.3 is 10.4 Å². The lowest BCUT2D eigenvalue weighted by molar-refractivity contribution is 0.00467. The second-order valence-electron chi connectivity index (χ2n) is 5.43. The molecule has 19 heavy (non-hydrogen) atoms. The van der Waals surface area contributed by atoms with Crippen molar-refractivity contribution in [3.63, 3.8) is 0 Å². The number of halogens is 2. The van der Waals surface area contributed by atoms with Gasteiger partial charge in [-0.05, 0) is 24.5 Å². The van der Waals surface area contributed by atoms with Crippen molar-refractivity contribution in [1.82, 2.24) is 5.32 Å². The molecule has 106 valence electrons. The van der Waals surface area contributed by atoms with Crippen molar-refractivity contribution in [2.24, 2.45) is 0 Å². The summed E-state index contributed by atoms with van der Waals surface area (Å²) in [5.41, 5.74) is 0.270. The fraction of sp³-hybridized carbons (Fsp3) is 0.600. The van der Waals surface area contributed by atoms with E-state index in [0.29, 0.717) is 13.1 Å². The van der Waals surface area contributed by atoms with Gasteiger partial charge in [0, 0.05) is 18.7 Å². The van der Waals surface area contributed by atoms with Crippen LogP contribution in [0.2, 0.25) is 0 Å². The third kappa shape index (κ3) is 4.25. The molecular weight excluding hydrogens is 248 g/mol. The Kier molecular flexibility index (Phi) is 4.88. The highest BCUT2D eigenvalue weighted by molar-refractivity contribution is 5.24. The maximum Gasteiger partial charge on any atom is 0.263 e. The van der Waals surface area contributed by atoms with Crippen LogP contribution < -0.4 is 5.32 Å². The average Bonchev–Trinajstić information content (AvgIpc) is 2.39. The number of aliphatic hydroxyl groups is 1. The smallest absolute Gasteiger partial charge is 0.263 e. The second-order valence-corrected chi connectivity index (χ2v) is 5.43. The van der Waals surface area contributed by atoms with E-state index in [0.717, 1.165) is 31.2 Å². The number of hydrogen-bond acceptors (Lipinski definition) is 2. The molecule has 0 atom stereocenters. The van der Waals surface area contributed by atoms with Crippen LogP contribution in [0.3, 0.4) is 0 Å². The lowest BCUT2D eigenvalue weighted by Gasteiger charge is -2.32. The van der Waals surface area contributed by atoms with Gasteiger partial charge in [0.05, 0.1) is 5.60 Å². The highest BCUT2D eigenvalue weighted by Crippen LogP contribution is 2.27. The molecule has 1 aliphatic carbocycles. The van der Waals surface area contributed by atoms with Gasteiger partial charge in [-0.15, -0.1) is 0 Å². The van der Waals surface area contributed by atoms with Crippen molar-refractivity contribution in [2.75, 3.05) is 6.54 Å². The molecule has 0 aliphatic heterocycles. The maximum absolute atomic E-state index is 12.6. The van der Waals surface area contributed by atoms with Crippen LogP contribution in [0.5, 0.6) is 0 Å². The van der Waals surface area contributed by atoms with E-state index in [1.165, 1.54) is 18.6 Å². The Balaban J connectivity index is 1.83. The first-order valence-corrected chi connectivity index (χ1v) is 6.89. The van der Waals surface area contributed by atoms with Crippen LogP contribution in [0.15, 0.2) is 24.3 Å². The van der Waals surface area contributed by atoms with Gasteiger partial charge in [0.15, 0.2) is 0 Å². The maximum atomic E-state index is 12.6. The Labute approximate surface area is 112 Å². The van der Waals surface area contributed by atoms with Gasteiger partial charge in [-0.1, -0.05) is 37.5 Å². The summed E-state index contributed by atoms with van der Waals surface area (Å²) in [6, 6.07) is 6.42. The number of benzene rings is 1. The Hall–Kier alpha value is -1.00. The van der Waals surface area contributed by atoms with E-state index in [1.807, 2.05) is 6.07 Å². The van der Waals surface area contributed by atoms with Crippen molar-refractivity contribution in [3.8, 4) is 0 Å². The molecule has 0 amide bonds. The van der Waals surface area contributed by atoms with Crippen molar-refractivity contribution in [3.05, 3.63) is 35.4 Å². The fourth-order valence-corrected chi connectivity index (χ4v) is 2.66. The largest absolute Gasteiger partial charge is 0.389 e. The zero-order valence-electron chi connectivity index (χ0n) is 11.0. The van der Waals surface area contributed by atoms with Gasteiger partial charge >= 0.3 is 0 Å². The highest BCUT2D eigenvalue weighted by Gasteiger charge is 2.28. The number of nitrogens with one attached hydrogen (secondary N) is 1. The molecule has 0 heterocycles. The predicted molar refractivity (Wildman–Crippen MR) is 71.1 cm³/mol. The molecule has 1 fully saturated rings. The molecule has 4 heteroatoms. The zero-order chi connectivity index (χ0) is 13.7. The van der Waals surface area contributed by atoms with Gasteiger partial charge in [-0.2, -0.15) is 0 Å². The Bertz CT molecular complexity index is 403. The second kappa shape index (κ2) is 6.44. The summed E-state index contributed by atoms with van der Waals surface area (Å²) in [6.45, 7) is 1.05. The molecule has 2 N–H and O–H groups in total. The normalized spacial score (nSPS) is 18.7. The highest BCUT2D eigenvalue weighted by atomic mass is 19.3. The molecule has 1 aromatic rings. The van der Waals surface area contributed by atoms with Crippen molar-refractivity contribution in [1.29, 1.82) is 0 Å². The lowest BCUT2D eigenvalue weighted by atomic mass is 9.85. The summed E-state index contributed by atoms with van der Waals surface area (Å²) < 4.78 is 25.1. The third-order valence-electron chi connectivity index (χ3n) is 3.77. The Morgan fingerprint density at radius 1 is 1.21 bits per heavy atom. The molecule has 1 saturated carbocycles. The van der Waals surface area contributed by atoms with Crippen LogP contribution >= 0.6 is 0 Å². The average molecular weight is 269 g/mol. The fourth-order valence-electron chi connectivity index (χ4n) is 2.66. The monoisotopic (exact) mass is 269 g/mol. The van der Waals surface area contributed by atoms with Crippen LogP contribution in [0.25, 0.3) is 0 Å². The SMILES string of the molecule is OC1(CNCc2cccc(C(F)F)c2)CCCCC1. The molecule has 0 aromatic heterocycles. The first-order valence-electron chi connectivity index (χ1n) is 6.89. The zero-order valence-corrected chi connectivity index (χ0v) is 11.0. The molecule has 1 aromatic carbocycles. The van der Waals surface area contributed by atoms with Crippen LogP contribution in [0.1, 0.15) is 49.7 Å². The van der Waals surface area contributed by atoms with Gasteiger partial charge in [-0.25, -0.2) is 8.78 Å². The number of hydrogen-bond donors (Lipinski definition) is 2. The van der Waals surface area contributed by atoms with Crippen molar-refractivity contribution < 1.29 is 13.9 Å². The molecule has 0 radical (unpaired) electrons. The van der Waals surface area contributed by atoms with E-state index < -0.39 is 12.0 Å². The van der Waals surface area contributed by atoms with Crippen LogP contribution in [-0.4, -0.2) is 17.3 Å². The molecule has 2 nitrogen and oxygen atoms in total. The van der Waals surface area contributed by atoms with Crippen LogP contribution in [0.4, 0.5) is 8.78 Å². The van der Waals surface area contributed by atoms with Gasteiger partial charge in [-0.3, -0.25) is 0 Å². The van der Waals surface area contributed by atoms with E-state index in [4.69, 9.17) is 0 Å². The standard InChI is InChI=1S/C15H21F2NO/c16-14(17)13-6-4-5-12(9-13)10-18-11-15(19)7-2-1-3-8-15/h4-6,9,14,18-19H,1-3,7-8,10-11H2. The Morgan fingerprint density at radius 3 is 2.63 bits per heavy atom. The molecule has 1 aliphatic rings. The summed E-state index contributed by atoms with van der Waals surface area (Å²) in [4.78, 5) is 0. The molecule has 0 bridgehead atoms. The number of rotatable bonds is 5. The summed E-state index contributed by atoms with van der Waals surface area (Å²) in [5.74, 6) is 0. The van der Waals surface area contributed by atoms with E-state index in [1.54, 1.807) is 6.07 Å². The predicted octanol–water partition coefficient (Wildman–Crippen LogP) is 3.41. The Morgan fingerprint density at radius 2 is 1.95 bits per heavy atom. The first kappa shape index (κ1) is 14.4.